The van der Waals surface area contributed by atoms with Crippen LogP contribution >= 0.6 is 11.6 Å². The van der Waals surface area contributed by atoms with Gasteiger partial charge in [0.1, 0.15) is 11.6 Å². The Balaban J connectivity index is 1.20. The van der Waals surface area contributed by atoms with Crippen molar-refractivity contribution >= 4 is 34.2 Å². The molecule has 34 heavy (non-hydrogen) atoms. The largest absolute Gasteiger partial charge is 0.368 e. The summed E-state index contributed by atoms with van der Waals surface area (Å²) in [6.45, 7) is 8.39. The van der Waals surface area contributed by atoms with E-state index >= 15 is 0 Å². The molecule has 0 aliphatic carbocycles. The van der Waals surface area contributed by atoms with Gasteiger partial charge in [-0.15, -0.1) is 0 Å². The van der Waals surface area contributed by atoms with E-state index in [9.17, 15) is 9.18 Å². The molecule has 2 saturated heterocycles. The molecular formula is C26H31ClFN5O. The number of carbonyl (C=O) groups excluding carboxylic acids is 1. The van der Waals surface area contributed by atoms with Gasteiger partial charge in [0.15, 0.2) is 0 Å². The summed E-state index contributed by atoms with van der Waals surface area (Å²) in [5.41, 5.74) is 3.11. The van der Waals surface area contributed by atoms with Crippen molar-refractivity contribution in [2.75, 3.05) is 44.2 Å². The van der Waals surface area contributed by atoms with E-state index in [1.807, 2.05) is 11.0 Å². The SMILES string of the molecule is CCn1c(CN2CCC[C@H](C(=O)N3CCN(c4ccc(F)c(Cl)c4)CC3)C2)nc2ccccc21. The van der Waals surface area contributed by atoms with Crippen LogP contribution in [0.25, 0.3) is 11.0 Å². The van der Waals surface area contributed by atoms with E-state index in [2.05, 4.69) is 39.5 Å². The van der Waals surface area contributed by atoms with Crippen LogP contribution in [-0.2, 0) is 17.9 Å². The van der Waals surface area contributed by atoms with Gasteiger partial charge in [0.2, 0.25) is 5.91 Å². The van der Waals surface area contributed by atoms with Crippen LogP contribution in [-0.4, -0.2) is 64.5 Å². The molecule has 0 radical (unpaired) electrons. The molecule has 2 aromatic carbocycles. The number of carbonyl (C=O) groups is 1. The van der Waals surface area contributed by atoms with Crippen molar-refractivity contribution in [3.05, 3.63) is 59.1 Å². The number of aromatic nitrogens is 2. The highest BCUT2D eigenvalue weighted by Crippen LogP contribution is 2.26. The minimum Gasteiger partial charge on any atom is -0.368 e. The molecule has 8 heteroatoms. The van der Waals surface area contributed by atoms with Gasteiger partial charge in [-0.25, -0.2) is 9.37 Å². The summed E-state index contributed by atoms with van der Waals surface area (Å²) in [6.07, 6.45) is 1.96. The first kappa shape index (κ1) is 23.1. The highest BCUT2D eigenvalue weighted by atomic mass is 35.5. The summed E-state index contributed by atoms with van der Waals surface area (Å²) < 4.78 is 15.8. The molecule has 1 atom stereocenters. The van der Waals surface area contributed by atoms with Gasteiger partial charge >= 0.3 is 0 Å². The standard InChI is InChI=1S/C26H31ClFN5O/c1-2-33-24-8-4-3-7-23(24)29-25(33)18-30-11-5-6-19(17-30)26(34)32-14-12-31(13-15-32)20-9-10-22(28)21(27)16-20/h3-4,7-10,16,19H,2,5-6,11-15,17-18H2,1H3/t19-/m0/s1. The summed E-state index contributed by atoms with van der Waals surface area (Å²) in [5.74, 6) is 0.949. The zero-order valence-corrected chi connectivity index (χ0v) is 20.3. The third kappa shape index (κ3) is 4.64. The number of anilines is 1. The summed E-state index contributed by atoms with van der Waals surface area (Å²) in [5, 5.41) is 0.134. The lowest BCUT2D eigenvalue weighted by Gasteiger charge is -2.39. The number of aryl methyl sites for hydroxylation is 1. The van der Waals surface area contributed by atoms with E-state index in [1.165, 1.54) is 11.6 Å². The number of rotatable bonds is 5. The fourth-order valence-corrected chi connectivity index (χ4v) is 5.50. The van der Waals surface area contributed by atoms with Crippen molar-refractivity contribution in [1.82, 2.24) is 19.4 Å². The first-order valence-corrected chi connectivity index (χ1v) is 12.6. The molecule has 6 nitrogen and oxygen atoms in total. The van der Waals surface area contributed by atoms with E-state index < -0.39 is 5.82 Å². The second-order valence-electron chi connectivity index (χ2n) is 9.25. The number of piperidine rings is 1. The van der Waals surface area contributed by atoms with E-state index in [-0.39, 0.29) is 16.8 Å². The van der Waals surface area contributed by atoms with Crippen LogP contribution in [0.5, 0.6) is 0 Å². The number of imidazole rings is 1. The molecule has 1 amide bonds. The molecule has 0 N–H and O–H groups in total. The van der Waals surface area contributed by atoms with Crippen molar-refractivity contribution < 1.29 is 9.18 Å². The number of piperazine rings is 1. The van der Waals surface area contributed by atoms with Crippen molar-refractivity contribution in [3.8, 4) is 0 Å². The fraction of sp³-hybridized carbons (Fsp3) is 0.462. The Bertz CT molecular complexity index is 1170. The fourth-order valence-electron chi connectivity index (χ4n) is 5.32. The molecule has 0 bridgehead atoms. The molecule has 2 aliphatic heterocycles. The van der Waals surface area contributed by atoms with Crippen LogP contribution in [0.2, 0.25) is 5.02 Å². The maximum Gasteiger partial charge on any atom is 0.227 e. The van der Waals surface area contributed by atoms with Gasteiger partial charge in [-0.3, -0.25) is 9.69 Å². The highest BCUT2D eigenvalue weighted by Gasteiger charge is 2.31. The minimum absolute atomic E-state index is 0.0278. The first-order valence-electron chi connectivity index (χ1n) is 12.2. The van der Waals surface area contributed by atoms with Gasteiger partial charge in [0.25, 0.3) is 0 Å². The molecule has 0 unspecified atom stereocenters. The first-order chi connectivity index (χ1) is 16.5. The molecule has 0 saturated carbocycles. The molecule has 0 spiro atoms. The third-order valence-electron chi connectivity index (χ3n) is 7.13. The lowest BCUT2D eigenvalue weighted by Crippen LogP contribution is -2.52. The van der Waals surface area contributed by atoms with E-state index in [0.29, 0.717) is 13.1 Å². The Morgan fingerprint density at radius 1 is 1.12 bits per heavy atom. The monoisotopic (exact) mass is 483 g/mol. The minimum atomic E-state index is -0.407. The maximum absolute atomic E-state index is 13.5. The maximum atomic E-state index is 13.5. The second-order valence-corrected chi connectivity index (χ2v) is 9.65. The number of likely N-dealkylation sites (tertiary alicyclic amines) is 1. The smallest absolute Gasteiger partial charge is 0.227 e. The quantitative estimate of drug-likeness (QED) is 0.539. The Morgan fingerprint density at radius 2 is 1.91 bits per heavy atom. The average Bonchev–Trinajstić information content (AvgIpc) is 3.22. The second kappa shape index (κ2) is 9.92. The summed E-state index contributed by atoms with van der Waals surface area (Å²) in [6, 6.07) is 13.1. The summed E-state index contributed by atoms with van der Waals surface area (Å²) in [7, 11) is 0. The molecule has 5 rings (SSSR count). The average molecular weight is 484 g/mol. The third-order valence-corrected chi connectivity index (χ3v) is 7.42. The van der Waals surface area contributed by atoms with Gasteiger partial charge < -0.3 is 14.4 Å². The van der Waals surface area contributed by atoms with Crippen LogP contribution in [0, 0.1) is 11.7 Å². The number of benzene rings is 2. The van der Waals surface area contributed by atoms with Gasteiger partial charge in [0, 0.05) is 45.0 Å². The number of hydrogen-bond acceptors (Lipinski definition) is 4. The number of halogens is 2. The van der Waals surface area contributed by atoms with Crippen molar-refractivity contribution in [2.45, 2.75) is 32.9 Å². The number of amides is 1. The van der Waals surface area contributed by atoms with Crippen molar-refractivity contribution in [3.63, 3.8) is 0 Å². The molecule has 3 aromatic rings. The molecule has 180 valence electrons. The topological polar surface area (TPSA) is 44.6 Å². The number of fused-ring (bicyclic) bond motifs is 1. The van der Waals surface area contributed by atoms with E-state index in [4.69, 9.17) is 16.6 Å². The number of hydrogen-bond donors (Lipinski definition) is 0. The Hall–Kier alpha value is -2.64. The number of para-hydroxylation sites is 2. The molecule has 1 aromatic heterocycles. The van der Waals surface area contributed by atoms with Crippen LogP contribution in [0.15, 0.2) is 42.5 Å². The van der Waals surface area contributed by atoms with Crippen molar-refractivity contribution in [2.24, 2.45) is 5.92 Å². The zero-order valence-electron chi connectivity index (χ0n) is 19.6. The normalized spacial score (nSPS) is 19.7. The Labute approximate surface area is 204 Å². The van der Waals surface area contributed by atoms with Crippen molar-refractivity contribution in [1.29, 1.82) is 0 Å². The van der Waals surface area contributed by atoms with Gasteiger partial charge in [0.05, 0.1) is 28.5 Å². The van der Waals surface area contributed by atoms with Crippen LogP contribution in [0.4, 0.5) is 10.1 Å². The van der Waals surface area contributed by atoms with Crippen LogP contribution in [0.1, 0.15) is 25.6 Å². The zero-order chi connectivity index (χ0) is 23.7. The predicted molar refractivity (Wildman–Crippen MR) is 134 cm³/mol. The lowest BCUT2D eigenvalue weighted by atomic mass is 9.96. The molecule has 3 heterocycles. The van der Waals surface area contributed by atoms with E-state index in [1.54, 1.807) is 12.1 Å². The van der Waals surface area contributed by atoms with Gasteiger partial charge in [-0.05, 0) is 56.6 Å². The summed E-state index contributed by atoms with van der Waals surface area (Å²) in [4.78, 5) is 24.8. The Kier molecular flexibility index (Phi) is 6.75. The molecule has 2 fully saturated rings. The highest BCUT2D eigenvalue weighted by molar-refractivity contribution is 6.31. The molecular weight excluding hydrogens is 453 g/mol. The van der Waals surface area contributed by atoms with Gasteiger partial charge in [-0.1, -0.05) is 23.7 Å². The lowest BCUT2D eigenvalue weighted by molar-refractivity contribution is -0.137. The summed E-state index contributed by atoms with van der Waals surface area (Å²) >= 11 is 5.95. The van der Waals surface area contributed by atoms with Gasteiger partial charge in [-0.2, -0.15) is 0 Å². The molecule has 2 aliphatic rings. The predicted octanol–water partition coefficient (Wildman–Crippen LogP) is 4.41. The Morgan fingerprint density at radius 3 is 2.68 bits per heavy atom. The van der Waals surface area contributed by atoms with Crippen LogP contribution < -0.4 is 4.90 Å². The van der Waals surface area contributed by atoms with E-state index in [0.717, 1.165) is 69.1 Å². The number of nitrogens with zero attached hydrogens (tertiary/aromatic N) is 5. The van der Waals surface area contributed by atoms with Crippen LogP contribution in [0.3, 0.4) is 0 Å².